The van der Waals surface area contributed by atoms with E-state index in [-0.39, 0.29) is 32.5 Å². The standard InChI is InChI=1S/C36H56O2S.C36H58O2.C30H37NO/c1-9-11-13-15-17-19-21-37-31-23-27-28-24-32(38-22-20-18-16-14-12-10-2)30(36(6,7)8)26-34(28)39-33(27)25-29(31)35(3,4)5;1-9-11-13-15-17-19-25-37-33-23-21-29(27-31(33)35(3,4)5)30-22-24-34(32(28-30)36(6,7)8)38-26-20-18-16-14-12-10-2;1-8-9-10-21-11-15-24(16-12-21)31-25-17-13-22(29(2,3)4)19-27(25)32-28-20-23(30(5,6)7)14-18-26(28)31/h23-26H,9-22H2,1-8H3;21-24,27-28H,9-20,25-26H2,1-8H3;11-20H,8-10H2,1-7H3. The third-order valence-electron chi connectivity index (χ3n) is 21.6. The molecule has 1 aromatic heterocycles. The lowest BCUT2D eigenvalue weighted by Crippen LogP contribution is -2.19. The molecule has 7 heteroatoms. The largest absolute Gasteiger partial charge is 0.493 e. The minimum atomic E-state index is 0.0134. The third kappa shape index (κ3) is 27.4. The van der Waals surface area contributed by atoms with Crippen LogP contribution in [0, 0.1) is 0 Å². The summed E-state index contributed by atoms with van der Waals surface area (Å²) in [5, 5.41) is 2.59. The van der Waals surface area contributed by atoms with E-state index in [9.17, 15) is 0 Å². The van der Waals surface area contributed by atoms with E-state index in [2.05, 4.69) is 285 Å². The highest BCUT2D eigenvalue weighted by Gasteiger charge is 2.31. The Kier molecular flexibility index (Phi) is 34.9. The van der Waals surface area contributed by atoms with Crippen molar-refractivity contribution in [3.8, 4) is 45.6 Å². The molecule has 0 fully saturated rings. The zero-order valence-electron chi connectivity index (χ0n) is 73.4. The van der Waals surface area contributed by atoms with Gasteiger partial charge in [-0.3, -0.25) is 0 Å². The van der Waals surface area contributed by atoms with Gasteiger partial charge in [0.25, 0.3) is 0 Å². The van der Waals surface area contributed by atoms with E-state index in [0.29, 0.717) is 0 Å². The fraction of sp³-hybridized carbons (Fsp3) is 0.588. The van der Waals surface area contributed by atoms with Gasteiger partial charge in [0.15, 0.2) is 11.5 Å². The lowest BCUT2D eigenvalue weighted by atomic mass is 9.82. The van der Waals surface area contributed by atoms with Gasteiger partial charge in [-0.15, -0.1) is 11.3 Å². The van der Waals surface area contributed by atoms with Crippen LogP contribution in [0.3, 0.4) is 0 Å². The molecule has 1 aliphatic heterocycles. The Labute approximate surface area is 670 Å². The first kappa shape index (κ1) is 89.8. The molecule has 0 amide bonds. The quantitative estimate of drug-likeness (QED) is 0.0362. The zero-order valence-corrected chi connectivity index (χ0v) is 74.2. The van der Waals surface area contributed by atoms with Crippen LogP contribution in [0.15, 0.2) is 121 Å². The Morgan fingerprint density at radius 3 is 0.927 bits per heavy atom. The molecule has 1 aliphatic rings. The van der Waals surface area contributed by atoms with Crippen molar-refractivity contribution in [2.45, 2.75) is 365 Å². The maximum Gasteiger partial charge on any atom is 0.151 e. The predicted octanol–water partition coefficient (Wildman–Crippen LogP) is 32.8. The molecule has 0 spiro atoms. The van der Waals surface area contributed by atoms with Crippen molar-refractivity contribution in [3.05, 3.63) is 160 Å². The number of unbranched alkanes of at least 4 members (excludes halogenated alkanes) is 21. The lowest BCUT2D eigenvalue weighted by Gasteiger charge is -2.35. The van der Waals surface area contributed by atoms with Crippen LogP contribution in [0.5, 0.6) is 34.5 Å². The number of rotatable bonds is 37. The highest BCUT2D eigenvalue weighted by atomic mass is 32.1. The second kappa shape index (κ2) is 42.4. The Morgan fingerprint density at radius 1 is 0.294 bits per heavy atom. The minimum absolute atomic E-state index is 0.0134. The molecule has 600 valence electrons. The van der Waals surface area contributed by atoms with E-state index >= 15 is 0 Å². The minimum Gasteiger partial charge on any atom is -0.493 e. The van der Waals surface area contributed by atoms with Crippen molar-refractivity contribution in [2.24, 2.45) is 0 Å². The van der Waals surface area contributed by atoms with Gasteiger partial charge in [-0.05, 0) is 184 Å². The van der Waals surface area contributed by atoms with Crippen molar-refractivity contribution in [1.82, 2.24) is 0 Å². The lowest BCUT2D eigenvalue weighted by molar-refractivity contribution is 0.296. The van der Waals surface area contributed by atoms with Crippen LogP contribution < -0.4 is 28.6 Å². The molecule has 109 heavy (non-hydrogen) atoms. The molecule has 0 saturated carbocycles. The van der Waals surface area contributed by atoms with Crippen molar-refractivity contribution in [1.29, 1.82) is 0 Å². The summed E-state index contributed by atoms with van der Waals surface area (Å²) in [5.41, 5.74) is 15.2. The second-order valence-corrected chi connectivity index (χ2v) is 38.8. The molecule has 6 nitrogen and oxygen atoms in total. The number of nitrogens with zero attached hydrogens (tertiary/aromatic N) is 1. The molecule has 0 radical (unpaired) electrons. The SMILES string of the molecule is CCCCCCCCOc1cc2c(cc1C(C)(C)C)sc1cc(C(C)(C)C)c(OCCCCCCCC)cc12.CCCCCCCCOc1ccc(-c2ccc(OCCCCCCCC)c(C(C)(C)C)c2)cc1C(C)(C)C.CCCCc1ccc(N2c3ccc(C(C)(C)C)cc3Oc3cc(C(C)(C)C)ccc32)cc1. The Morgan fingerprint density at radius 2 is 0.606 bits per heavy atom. The number of thiophene rings is 1. The molecular weight excluding hydrogens is 1350 g/mol. The van der Waals surface area contributed by atoms with Gasteiger partial charge in [0, 0.05) is 48.1 Å². The van der Waals surface area contributed by atoms with E-state index < -0.39 is 0 Å². The average Bonchev–Trinajstić information content (AvgIpc) is 1.74. The monoisotopic (exact) mass is 1500 g/mol. The number of fused-ring (bicyclic) bond motifs is 5. The molecule has 0 saturated heterocycles. The average molecular weight is 1500 g/mol. The second-order valence-electron chi connectivity index (χ2n) is 37.8. The summed E-state index contributed by atoms with van der Waals surface area (Å²) in [6, 6.07) is 45.3. The highest BCUT2D eigenvalue weighted by molar-refractivity contribution is 7.25. The number of anilines is 3. The van der Waals surface area contributed by atoms with Gasteiger partial charge in [0.05, 0.1) is 37.8 Å². The Balaban J connectivity index is 0.000000228. The predicted molar refractivity (Wildman–Crippen MR) is 479 cm³/mol. The molecule has 7 aromatic carbocycles. The number of aryl methyl sites for hydroxylation is 1. The van der Waals surface area contributed by atoms with E-state index in [0.717, 1.165) is 104 Å². The van der Waals surface area contributed by atoms with E-state index in [1.807, 2.05) is 11.3 Å². The van der Waals surface area contributed by atoms with E-state index in [1.165, 1.54) is 217 Å². The summed E-state index contributed by atoms with van der Waals surface area (Å²) >= 11 is 1.91. The van der Waals surface area contributed by atoms with Gasteiger partial charge < -0.3 is 28.6 Å². The summed E-state index contributed by atoms with van der Waals surface area (Å²) in [7, 11) is 0. The number of hydrogen-bond donors (Lipinski definition) is 0. The Hall–Kier alpha value is -6.44. The first-order valence-electron chi connectivity index (χ1n) is 43.4. The molecule has 0 atom stereocenters. The van der Waals surface area contributed by atoms with Gasteiger partial charge in [-0.1, -0.05) is 330 Å². The molecule has 0 aliphatic carbocycles. The van der Waals surface area contributed by atoms with Crippen molar-refractivity contribution in [2.75, 3.05) is 31.3 Å². The van der Waals surface area contributed by atoms with Crippen LogP contribution in [-0.4, -0.2) is 26.4 Å². The van der Waals surface area contributed by atoms with Gasteiger partial charge in [-0.2, -0.15) is 0 Å². The number of hydrogen-bond acceptors (Lipinski definition) is 7. The van der Waals surface area contributed by atoms with Crippen LogP contribution in [0.2, 0.25) is 0 Å². The van der Waals surface area contributed by atoms with E-state index in [4.69, 9.17) is 23.7 Å². The van der Waals surface area contributed by atoms with Gasteiger partial charge in [-0.25, -0.2) is 0 Å². The summed E-state index contributed by atoms with van der Waals surface area (Å²) in [5.74, 6) is 6.02. The van der Waals surface area contributed by atoms with E-state index in [1.54, 1.807) is 0 Å². The van der Waals surface area contributed by atoms with Crippen LogP contribution in [0.25, 0.3) is 31.3 Å². The first-order valence-corrected chi connectivity index (χ1v) is 44.2. The van der Waals surface area contributed by atoms with Crippen LogP contribution in [0.4, 0.5) is 17.1 Å². The van der Waals surface area contributed by atoms with Crippen molar-refractivity contribution >= 4 is 48.6 Å². The fourth-order valence-electron chi connectivity index (χ4n) is 14.6. The van der Waals surface area contributed by atoms with Gasteiger partial charge >= 0.3 is 0 Å². The van der Waals surface area contributed by atoms with Gasteiger partial charge in [0.2, 0.25) is 0 Å². The molecule has 0 bridgehead atoms. The zero-order chi connectivity index (χ0) is 79.6. The third-order valence-corrected chi connectivity index (χ3v) is 22.7. The molecule has 8 aromatic rings. The maximum atomic E-state index is 6.54. The summed E-state index contributed by atoms with van der Waals surface area (Å²) in [4.78, 5) is 2.34. The summed E-state index contributed by atoms with van der Waals surface area (Å²) in [6.45, 7) is 55.5. The van der Waals surface area contributed by atoms with Crippen molar-refractivity contribution in [3.63, 3.8) is 0 Å². The van der Waals surface area contributed by atoms with Gasteiger partial charge in [0.1, 0.15) is 23.0 Å². The van der Waals surface area contributed by atoms with Crippen LogP contribution in [0.1, 0.15) is 365 Å². The molecular formula is C102H151NO5S. The first-order chi connectivity index (χ1) is 51.7. The molecule has 0 N–H and O–H groups in total. The topological polar surface area (TPSA) is 49.4 Å². The summed E-state index contributed by atoms with van der Waals surface area (Å²) in [6.07, 6.45) is 34.3. The summed E-state index contributed by atoms with van der Waals surface area (Å²) < 4.78 is 34.9. The smallest absolute Gasteiger partial charge is 0.151 e. The fourth-order valence-corrected chi connectivity index (χ4v) is 15.7. The molecule has 2 heterocycles. The normalized spacial score (nSPS) is 12.6. The molecule has 9 rings (SSSR count). The van der Waals surface area contributed by atoms with Crippen LogP contribution in [-0.2, 0) is 38.9 Å². The number of ether oxygens (including phenoxy) is 5. The van der Waals surface area contributed by atoms with Crippen molar-refractivity contribution < 1.29 is 23.7 Å². The number of benzene rings is 7. The maximum absolute atomic E-state index is 6.54. The Bertz CT molecular complexity index is 3780. The molecule has 0 unspecified atom stereocenters. The van der Waals surface area contributed by atoms with Crippen LogP contribution >= 0.6 is 11.3 Å². The highest BCUT2D eigenvalue weighted by Crippen LogP contribution is 2.53.